The molecule has 0 aliphatic carbocycles. The summed E-state index contributed by atoms with van der Waals surface area (Å²) >= 11 is 1.66. The van der Waals surface area contributed by atoms with Gasteiger partial charge in [-0.05, 0) is 30.7 Å². The molecule has 1 saturated heterocycles. The van der Waals surface area contributed by atoms with Crippen molar-refractivity contribution >= 4 is 27.9 Å². The second kappa shape index (κ2) is 7.16. The second-order valence-corrected chi connectivity index (χ2v) is 7.48. The SMILES string of the molecule is Fc1ccccc1-c1nnc2ccc(N3CCCN(c4nccs4)CC3)nn12. The van der Waals surface area contributed by atoms with E-state index < -0.39 is 0 Å². The maximum Gasteiger partial charge on any atom is 0.188 e. The third kappa shape index (κ3) is 3.07. The van der Waals surface area contributed by atoms with Crippen molar-refractivity contribution in [1.29, 1.82) is 0 Å². The smallest absolute Gasteiger partial charge is 0.188 e. The van der Waals surface area contributed by atoms with E-state index in [-0.39, 0.29) is 5.82 Å². The van der Waals surface area contributed by atoms with Crippen molar-refractivity contribution in [1.82, 2.24) is 24.8 Å². The van der Waals surface area contributed by atoms with Crippen LogP contribution in [0.1, 0.15) is 6.42 Å². The summed E-state index contributed by atoms with van der Waals surface area (Å²) < 4.78 is 15.9. The van der Waals surface area contributed by atoms with Crippen molar-refractivity contribution in [3.05, 3.63) is 53.8 Å². The highest BCUT2D eigenvalue weighted by molar-refractivity contribution is 7.13. The molecule has 0 bridgehead atoms. The third-order valence-electron chi connectivity index (χ3n) is 4.87. The molecule has 1 aliphatic heterocycles. The molecule has 1 aliphatic rings. The average molecular weight is 395 g/mol. The minimum Gasteiger partial charge on any atom is -0.353 e. The number of anilines is 2. The van der Waals surface area contributed by atoms with Gasteiger partial charge in [0, 0.05) is 37.8 Å². The van der Waals surface area contributed by atoms with Crippen LogP contribution in [0.25, 0.3) is 17.0 Å². The van der Waals surface area contributed by atoms with Crippen LogP contribution in [-0.4, -0.2) is 51.0 Å². The van der Waals surface area contributed by atoms with Crippen LogP contribution in [0, 0.1) is 5.82 Å². The molecule has 4 heterocycles. The number of hydrogen-bond donors (Lipinski definition) is 0. The maximum absolute atomic E-state index is 14.2. The van der Waals surface area contributed by atoms with E-state index in [2.05, 4.69) is 25.0 Å². The molecule has 0 spiro atoms. The van der Waals surface area contributed by atoms with Crippen molar-refractivity contribution in [3.8, 4) is 11.4 Å². The number of benzene rings is 1. The first-order valence-electron chi connectivity index (χ1n) is 9.16. The summed E-state index contributed by atoms with van der Waals surface area (Å²) in [5.41, 5.74) is 0.992. The Kier molecular flexibility index (Phi) is 4.36. The van der Waals surface area contributed by atoms with Gasteiger partial charge in [-0.15, -0.1) is 26.6 Å². The zero-order chi connectivity index (χ0) is 18.9. The van der Waals surface area contributed by atoms with E-state index in [0.717, 1.165) is 43.5 Å². The number of thiazole rings is 1. The fourth-order valence-corrected chi connectivity index (χ4v) is 4.17. The lowest BCUT2D eigenvalue weighted by atomic mass is 10.2. The quantitative estimate of drug-likeness (QED) is 0.531. The van der Waals surface area contributed by atoms with Crippen LogP contribution < -0.4 is 9.80 Å². The highest BCUT2D eigenvalue weighted by Crippen LogP contribution is 2.24. The average Bonchev–Trinajstić information content (AvgIpc) is 3.33. The summed E-state index contributed by atoms with van der Waals surface area (Å²) in [4.78, 5) is 8.98. The molecule has 0 saturated carbocycles. The first-order chi connectivity index (χ1) is 13.8. The zero-order valence-electron chi connectivity index (χ0n) is 15.1. The van der Waals surface area contributed by atoms with Crippen molar-refractivity contribution in [3.63, 3.8) is 0 Å². The summed E-state index contributed by atoms with van der Waals surface area (Å²) in [6.45, 7) is 3.60. The van der Waals surface area contributed by atoms with Crippen molar-refractivity contribution < 1.29 is 4.39 Å². The van der Waals surface area contributed by atoms with Gasteiger partial charge in [0.05, 0.1) is 5.56 Å². The first-order valence-corrected chi connectivity index (χ1v) is 10.0. The lowest BCUT2D eigenvalue weighted by Crippen LogP contribution is -2.31. The lowest BCUT2D eigenvalue weighted by molar-refractivity contribution is 0.629. The van der Waals surface area contributed by atoms with Crippen molar-refractivity contribution in [2.24, 2.45) is 0 Å². The van der Waals surface area contributed by atoms with Crippen molar-refractivity contribution in [2.75, 3.05) is 36.0 Å². The monoisotopic (exact) mass is 395 g/mol. The molecule has 0 N–H and O–H groups in total. The van der Waals surface area contributed by atoms with Gasteiger partial charge in [0.15, 0.2) is 16.6 Å². The minimum absolute atomic E-state index is 0.335. The molecule has 0 unspecified atom stereocenters. The highest BCUT2D eigenvalue weighted by Gasteiger charge is 2.19. The Balaban J connectivity index is 1.45. The fraction of sp³-hybridized carbons (Fsp3) is 0.263. The predicted molar refractivity (Wildman–Crippen MR) is 107 cm³/mol. The summed E-state index contributed by atoms with van der Waals surface area (Å²) in [7, 11) is 0. The summed E-state index contributed by atoms with van der Waals surface area (Å²) in [5, 5.41) is 16.1. The number of hydrogen-bond acceptors (Lipinski definition) is 7. The van der Waals surface area contributed by atoms with Gasteiger partial charge < -0.3 is 9.80 Å². The summed E-state index contributed by atoms with van der Waals surface area (Å²) in [6, 6.07) is 10.4. The van der Waals surface area contributed by atoms with E-state index in [1.807, 2.05) is 23.7 Å². The summed E-state index contributed by atoms with van der Waals surface area (Å²) in [5.74, 6) is 0.915. The normalized spacial score (nSPS) is 15.2. The first kappa shape index (κ1) is 17.1. The highest BCUT2D eigenvalue weighted by atomic mass is 32.1. The van der Waals surface area contributed by atoms with E-state index >= 15 is 0 Å². The molecule has 1 fully saturated rings. The largest absolute Gasteiger partial charge is 0.353 e. The van der Waals surface area contributed by atoms with Gasteiger partial charge in [-0.1, -0.05) is 12.1 Å². The lowest BCUT2D eigenvalue weighted by Gasteiger charge is -2.22. The molecule has 5 rings (SSSR count). The van der Waals surface area contributed by atoms with Gasteiger partial charge in [-0.2, -0.15) is 4.52 Å². The van der Waals surface area contributed by atoms with Gasteiger partial charge in [-0.3, -0.25) is 0 Å². The van der Waals surface area contributed by atoms with E-state index in [1.54, 1.807) is 34.1 Å². The van der Waals surface area contributed by atoms with Gasteiger partial charge in [-0.25, -0.2) is 9.37 Å². The number of aromatic nitrogens is 5. The van der Waals surface area contributed by atoms with Crippen molar-refractivity contribution in [2.45, 2.75) is 6.42 Å². The van der Waals surface area contributed by atoms with E-state index in [1.165, 1.54) is 6.07 Å². The molecule has 142 valence electrons. The van der Waals surface area contributed by atoms with E-state index in [4.69, 9.17) is 5.10 Å². The predicted octanol–water partition coefficient (Wildman–Crippen LogP) is 3.10. The molecule has 0 amide bonds. The number of rotatable bonds is 3. The van der Waals surface area contributed by atoms with Gasteiger partial charge >= 0.3 is 0 Å². The number of fused-ring (bicyclic) bond motifs is 1. The molecule has 0 radical (unpaired) electrons. The molecule has 9 heteroatoms. The van der Waals surface area contributed by atoms with E-state index in [0.29, 0.717) is 17.0 Å². The Morgan fingerprint density at radius 1 is 0.929 bits per heavy atom. The Bertz CT molecular complexity index is 1090. The molecular weight excluding hydrogens is 377 g/mol. The topological polar surface area (TPSA) is 62.5 Å². The standard InChI is InChI=1S/C19H18FN7S/c20-15-5-2-1-4-14(15)18-23-22-16-6-7-17(24-27(16)18)25-9-3-10-26(12-11-25)19-21-8-13-28-19/h1-2,4-8,13H,3,9-12H2. The van der Waals surface area contributed by atoms with Crippen LogP contribution in [0.3, 0.4) is 0 Å². The van der Waals surface area contributed by atoms with Crippen LogP contribution in [0.15, 0.2) is 48.0 Å². The molecule has 4 aromatic rings. The zero-order valence-corrected chi connectivity index (χ0v) is 15.9. The molecule has 3 aromatic heterocycles. The molecular formula is C19H18FN7S. The van der Waals surface area contributed by atoms with Crippen LogP contribution >= 0.6 is 11.3 Å². The summed E-state index contributed by atoms with van der Waals surface area (Å²) in [6.07, 6.45) is 2.86. The molecule has 28 heavy (non-hydrogen) atoms. The number of nitrogens with zero attached hydrogens (tertiary/aromatic N) is 7. The molecule has 0 atom stereocenters. The van der Waals surface area contributed by atoms with Gasteiger partial charge in [0.25, 0.3) is 0 Å². The van der Waals surface area contributed by atoms with Gasteiger partial charge in [0.2, 0.25) is 0 Å². The van der Waals surface area contributed by atoms with Crippen LogP contribution in [0.4, 0.5) is 15.3 Å². The Morgan fingerprint density at radius 3 is 2.64 bits per heavy atom. The maximum atomic E-state index is 14.2. The Morgan fingerprint density at radius 2 is 1.79 bits per heavy atom. The van der Waals surface area contributed by atoms with Crippen LogP contribution in [-0.2, 0) is 0 Å². The Hall–Kier alpha value is -3.07. The third-order valence-corrected chi connectivity index (χ3v) is 5.71. The molecule has 7 nitrogen and oxygen atoms in total. The Labute approximate surface area is 165 Å². The number of halogens is 1. The van der Waals surface area contributed by atoms with Crippen LogP contribution in [0.5, 0.6) is 0 Å². The van der Waals surface area contributed by atoms with Crippen LogP contribution in [0.2, 0.25) is 0 Å². The minimum atomic E-state index is -0.335. The van der Waals surface area contributed by atoms with E-state index in [9.17, 15) is 4.39 Å². The fourth-order valence-electron chi connectivity index (χ4n) is 3.47. The van der Waals surface area contributed by atoms with Gasteiger partial charge in [0.1, 0.15) is 11.6 Å². The molecule has 1 aromatic carbocycles. The second-order valence-electron chi connectivity index (χ2n) is 6.61.